The van der Waals surface area contributed by atoms with Crippen LogP contribution in [0.1, 0.15) is 96.3 Å². The molecule has 1 saturated heterocycles. The molecule has 0 aromatic rings. The Bertz CT molecular complexity index is 264. The highest BCUT2D eigenvalue weighted by molar-refractivity contribution is 6.37. The molecule has 1 unspecified atom stereocenters. The van der Waals surface area contributed by atoms with Crippen LogP contribution in [0.25, 0.3) is 0 Å². The maximum atomic E-state index is 4.13. The Balaban J connectivity index is 2.08. The van der Waals surface area contributed by atoms with Gasteiger partial charge in [0.05, 0.1) is 0 Å². The van der Waals surface area contributed by atoms with Crippen LogP contribution >= 0.6 is 0 Å². The molecule has 120 valence electrons. The third-order valence-corrected chi connectivity index (χ3v) is 6.37. The molecule has 2 fully saturated rings. The maximum Gasteiger partial charge on any atom is 0.124 e. The molecule has 0 aromatic heterocycles. The molecule has 1 aliphatic carbocycles. The largest absolute Gasteiger partial charge is 0.124 e. The second kappa shape index (κ2) is 9.75. The lowest BCUT2D eigenvalue weighted by Gasteiger charge is -2.41. The first-order valence-corrected chi connectivity index (χ1v) is 9.98. The summed E-state index contributed by atoms with van der Waals surface area (Å²) in [5.41, 5.74) is 0.621. The predicted molar refractivity (Wildman–Crippen MR) is 97.6 cm³/mol. The fraction of sp³-hybridized carbons (Fsp3) is 0.900. The fourth-order valence-electron chi connectivity index (χ4n) is 5.10. The van der Waals surface area contributed by atoms with E-state index in [-0.39, 0.29) is 0 Å². The van der Waals surface area contributed by atoms with Gasteiger partial charge in [0, 0.05) is 0 Å². The molecule has 0 radical (unpaired) electrons. The van der Waals surface area contributed by atoms with Crippen molar-refractivity contribution < 1.29 is 0 Å². The molecule has 1 saturated carbocycles. The van der Waals surface area contributed by atoms with Gasteiger partial charge in [-0.05, 0) is 24.7 Å². The van der Waals surface area contributed by atoms with E-state index in [1.54, 1.807) is 0 Å². The highest BCUT2D eigenvalue weighted by Gasteiger charge is 2.36. The quantitative estimate of drug-likeness (QED) is 0.401. The van der Waals surface area contributed by atoms with E-state index in [1.807, 2.05) is 0 Å². The molecule has 0 aromatic carbocycles. The first kappa shape index (κ1) is 17.2. The van der Waals surface area contributed by atoms with E-state index in [2.05, 4.69) is 12.7 Å². The van der Waals surface area contributed by atoms with E-state index in [0.717, 1.165) is 5.82 Å². The monoisotopic (exact) mass is 288 g/mol. The molecular weight excluding hydrogens is 251 g/mol. The lowest BCUT2D eigenvalue weighted by molar-refractivity contribution is 0.203. The van der Waals surface area contributed by atoms with Crippen molar-refractivity contribution >= 4 is 7.28 Å². The average molecular weight is 288 g/mol. The summed E-state index contributed by atoms with van der Waals surface area (Å²) in [5.74, 6) is 0.992. The molecule has 0 spiro atoms. The molecule has 2 aliphatic rings. The molecule has 1 heterocycles. The van der Waals surface area contributed by atoms with E-state index >= 15 is 0 Å². The van der Waals surface area contributed by atoms with Crippen molar-refractivity contribution in [2.75, 3.05) is 0 Å². The fourth-order valence-corrected chi connectivity index (χ4v) is 5.10. The zero-order valence-electron chi connectivity index (χ0n) is 14.4. The second-order valence-electron chi connectivity index (χ2n) is 7.87. The van der Waals surface area contributed by atoms with Crippen LogP contribution in [0.15, 0.2) is 12.7 Å². The molecule has 1 heteroatoms. The number of hydrogen-bond acceptors (Lipinski definition) is 0. The Kier molecular flexibility index (Phi) is 7.97. The Morgan fingerprint density at radius 2 is 1.38 bits per heavy atom. The molecule has 21 heavy (non-hydrogen) atoms. The van der Waals surface area contributed by atoms with Crippen LogP contribution in [-0.4, -0.2) is 7.28 Å². The summed E-state index contributed by atoms with van der Waals surface area (Å²) in [7, 11) is 1.51. The van der Waals surface area contributed by atoms with Crippen molar-refractivity contribution in [2.24, 2.45) is 5.41 Å². The van der Waals surface area contributed by atoms with Crippen molar-refractivity contribution in [2.45, 2.75) is 108 Å². The van der Waals surface area contributed by atoms with E-state index in [0.29, 0.717) is 5.41 Å². The number of hydrogen-bond donors (Lipinski definition) is 0. The van der Waals surface area contributed by atoms with E-state index in [4.69, 9.17) is 0 Å². The van der Waals surface area contributed by atoms with Gasteiger partial charge in [-0.1, -0.05) is 95.3 Å². The van der Waals surface area contributed by atoms with Crippen LogP contribution in [0.5, 0.6) is 0 Å². The molecule has 0 amide bonds. The number of allylic oxidation sites excluding steroid dienone is 1. The highest BCUT2D eigenvalue weighted by atomic mass is 14.4. The summed E-state index contributed by atoms with van der Waals surface area (Å²) in [5, 5.41) is 0. The van der Waals surface area contributed by atoms with Gasteiger partial charge in [0.25, 0.3) is 0 Å². The Morgan fingerprint density at radius 1 is 0.810 bits per heavy atom. The van der Waals surface area contributed by atoms with Crippen molar-refractivity contribution in [3.05, 3.63) is 12.7 Å². The molecule has 0 N–H and O–H groups in total. The van der Waals surface area contributed by atoms with Crippen molar-refractivity contribution in [3.63, 3.8) is 0 Å². The van der Waals surface area contributed by atoms with Crippen LogP contribution in [0.4, 0.5) is 0 Å². The predicted octanol–water partition coefficient (Wildman–Crippen LogP) is 6.68. The molecule has 1 atom stereocenters. The smallest absolute Gasteiger partial charge is 0.103 e. The first-order valence-electron chi connectivity index (χ1n) is 9.98. The lowest BCUT2D eigenvalue weighted by atomic mass is 9.47. The molecule has 1 aliphatic heterocycles. The summed E-state index contributed by atoms with van der Waals surface area (Å²) in [6, 6.07) is 0. The van der Waals surface area contributed by atoms with E-state index in [1.165, 1.54) is 110 Å². The van der Waals surface area contributed by atoms with Crippen LogP contribution < -0.4 is 0 Å². The number of rotatable bonds is 3. The van der Waals surface area contributed by atoms with Gasteiger partial charge in [-0.25, -0.2) is 0 Å². The van der Waals surface area contributed by atoms with Crippen LogP contribution in [-0.2, 0) is 0 Å². The summed E-state index contributed by atoms with van der Waals surface area (Å²) < 4.78 is 0. The van der Waals surface area contributed by atoms with Crippen LogP contribution in [0, 0.1) is 5.41 Å². The topological polar surface area (TPSA) is 0 Å². The summed E-state index contributed by atoms with van der Waals surface area (Å²) in [4.78, 5) is 0. The third kappa shape index (κ3) is 5.49. The molecular formula is C20H37B. The first-order chi connectivity index (χ1) is 10.4. The highest BCUT2D eigenvalue weighted by Crippen LogP contribution is 2.49. The Hall–Kier alpha value is -0.195. The maximum absolute atomic E-state index is 4.13. The van der Waals surface area contributed by atoms with Crippen molar-refractivity contribution in [1.82, 2.24) is 0 Å². The minimum atomic E-state index is 0.621. The molecule has 2 rings (SSSR count). The van der Waals surface area contributed by atoms with Crippen LogP contribution in [0.3, 0.4) is 0 Å². The molecule has 0 nitrogen and oxygen atoms in total. The summed E-state index contributed by atoms with van der Waals surface area (Å²) in [6.45, 7) is 4.13. The third-order valence-electron chi connectivity index (χ3n) is 6.37. The lowest BCUT2D eigenvalue weighted by Crippen LogP contribution is -2.30. The molecule has 0 bridgehead atoms. The van der Waals surface area contributed by atoms with Crippen molar-refractivity contribution in [3.8, 4) is 0 Å². The van der Waals surface area contributed by atoms with E-state index < -0.39 is 0 Å². The van der Waals surface area contributed by atoms with Gasteiger partial charge in [0.15, 0.2) is 0 Å². The zero-order chi connectivity index (χ0) is 14.8. The van der Waals surface area contributed by atoms with Gasteiger partial charge in [0.2, 0.25) is 0 Å². The normalized spacial score (nSPS) is 28.7. The standard InChI is InChI=1S/C20H37B/c1-2-15-20(16-11-7-3-4-8-12-17-20)19-14-10-6-5-9-13-18-21-19/h2,19,21H,1,3-18H2. The Morgan fingerprint density at radius 3 is 2.05 bits per heavy atom. The minimum absolute atomic E-state index is 0.621. The Labute approximate surface area is 134 Å². The van der Waals surface area contributed by atoms with Gasteiger partial charge in [0.1, 0.15) is 7.28 Å². The minimum Gasteiger partial charge on any atom is -0.103 e. The van der Waals surface area contributed by atoms with Crippen molar-refractivity contribution in [1.29, 1.82) is 0 Å². The van der Waals surface area contributed by atoms with Gasteiger partial charge in [-0.2, -0.15) is 0 Å². The van der Waals surface area contributed by atoms with Crippen LogP contribution in [0.2, 0.25) is 12.1 Å². The average Bonchev–Trinajstić information content (AvgIpc) is 2.70. The van der Waals surface area contributed by atoms with Gasteiger partial charge in [-0.3, -0.25) is 0 Å². The van der Waals surface area contributed by atoms with E-state index in [9.17, 15) is 0 Å². The van der Waals surface area contributed by atoms with Gasteiger partial charge in [-0.15, -0.1) is 6.58 Å². The summed E-state index contributed by atoms with van der Waals surface area (Å²) in [6.07, 6.45) is 25.8. The summed E-state index contributed by atoms with van der Waals surface area (Å²) >= 11 is 0. The zero-order valence-corrected chi connectivity index (χ0v) is 14.4. The second-order valence-corrected chi connectivity index (χ2v) is 7.87. The SMILES string of the molecule is C=CCC1(C2BCCCCCCC2)CCCCCCCC1. The van der Waals surface area contributed by atoms with Gasteiger partial charge < -0.3 is 0 Å². The van der Waals surface area contributed by atoms with Gasteiger partial charge >= 0.3 is 0 Å².